The third-order valence-electron chi connectivity index (χ3n) is 5.47. The number of rotatable bonds is 2. The van der Waals surface area contributed by atoms with Crippen LogP contribution in [0.2, 0.25) is 0 Å². The van der Waals surface area contributed by atoms with Crippen LogP contribution in [-0.2, 0) is 6.18 Å². The van der Waals surface area contributed by atoms with Crippen molar-refractivity contribution in [2.75, 3.05) is 13.1 Å². The second kappa shape index (κ2) is 7.08. The van der Waals surface area contributed by atoms with E-state index in [1.165, 1.54) is 36.2 Å². The Balaban J connectivity index is 1.64. The molecule has 31 heavy (non-hydrogen) atoms. The van der Waals surface area contributed by atoms with Crippen molar-refractivity contribution in [2.24, 2.45) is 0 Å². The predicted molar refractivity (Wildman–Crippen MR) is 103 cm³/mol. The Bertz CT molecular complexity index is 1270. The molecule has 0 aliphatic carbocycles. The number of nitrogens with zero attached hydrogens (tertiary/aromatic N) is 3. The van der Waals surface area contributed by atoms with Gasteiger partial charge in [0.2, 0.25) is 5.82 Å². The molecule has 0 bridgehead atoms. The van der Waals surface area contributed by atoms with Crippen LogP contribution in [0.4, 0.5) is 13.2 Å². The molecular formula is C19H18F3N5O4. The van der Waals surface area contributed by atoms with Crippen LogP contribution in [0.3, 0.4) is 0 Å². The average Bonchev–Trinajstić information content (AvgIpc) is 3.12. The number of nitrogens with one attached hydrogen (secondary N) is 2. The van der Waals surface area contributed by atoms with Crippen LogP contribution < -0.4 is 11.2 Å². The molecule has 1 aliphatic heterocycles. The van der Waals surface area contributed by atoms with E-state index in [0.29, 0.717) is 0 Å². The number of aliphatic hydroxyl groups is 1. The maximum absolute atomic E-state index is 13.0. The van der Waals surface area contributed by atoms with E-state index in [9.17, 15) is 32.7 Å². The van der Waals surface area contributed by atoms with Gasteiger partial charge >= 0.3 is 11.9 Å². The first-order valence-electron chi connectivity index (χ1n) is 9.36. The lowest BCUT2D eigenvalue weighted by Crippen LogP contribution is -2.54. The Morgan fingerprint density at radius 1 is 1.26 bits per heavy atom. The highest BCUT2D eigenvalue weighted by Gasteiger charge is 2.41. The number of amides is 1. The molecule has 2 atom stereocenters. The molecule has 2 aromatic heterocycles. The number of H-pyrrole nitrogens is 2. The Morgan fingerprint density at radius 3 is 2.68 bits per heavy atom. The van der Waals surface area contributed by atoms with Crippen LogP contribution in [0.15, 0.2) is 40.1 Å². The van der Waals surface area contributed by atoms with Crippen LogP contribution in [0.25, 0.3) is 11.0 Å². The molecule has 0 saturated carbocycles. The number of benzene rings is 1. The van der Waals surface area contributed by atoms with Crippen molar-refractivity contribution in [1.29, 1.82) is 0 Å². The summed E-state index contributed by atoms with van der Waals surface area (Å²) in [5, 5.41) is 10.8. The van der Waals surface area contributed by atoms with E-state index in [1.807, 2.05) is 0 Å². The topological polar surface area (TPSA) is 124 Å². The second-order valence-corrected chi connectivity index (χ2v) is 7.71. The van der Waals surface area contributed by atoms with Crippen molar-refractivity contribution in [1.82, 2.24) is 24.4 Å². The number of aromatic nitrogens is 4. The Labute approximate surface area is 172 Å². The summed E-state index contributed by atoms with van der Waals surface area (Å²) in [6.45, 7) is 1.67. The zero-order valence-electron chi connectivity index (χ0n) is 16.2. The van der Waals surface area contributed by atoms with Crippen molar-refractivity contribution in [3.8, 4) is 0 Å². The number of piperidine rings is 1. The molecule has 3 N–H and O–H groups in total. The minimum atomic E-state index is -4.64. The number of aromatic amines is 2. The first-order chi connectivity index (χ1) is 14.5. The number of hydrogen-bond donors (Lipinski definition) is 3. The Hall–Kier alpha value is -3.41. The van der Waals surface area contributed by atoms with Gasteiger partial charge in [0.25, 0.3) is 11.5 Å². The van der Waals surface area contributed by atoms with Gasteiger partial charge in [-0.25, -0.2) is 9.78 Å². The van der Waals surface area contributed by atoms with Crippen LogP contribution in [0.5, 0.6) is 0 Å². The number of fused-ring (bicyclic) bond motifs is 1. The van der Waals surface area contributed by atoms with Gasteiger partial charge in [0.1, 0.15) is 0 Å². The fourth-order valence-corrected chi connectivity index (χ4v) is 3.73. The summed E-state index contributed by atoms with van der Waals surface area (Å²) in [5.41, 5.74) is -2.35. The molecule has 1 fully saturated rings. The fraction of sp³-hybridized carbons (Fsp3) is 0.368. The lowest BCUT2D eigenvalue weighted by molar-refractivity contribution is -0.144. The van der Waals surface area contributed by atoms with E-state index in [2.05, 4.69) is 15.0 Å². The molecule has 12 heteroatoms. The molecule has 3 heterocycles. The van der Waals surface area contributed by atoms with Crippen LogP contribution >= 0.6 is 0 Å². The molecule has 0 spiro atoms. The summed E-state index contributed by atoms with van der Waals surface area (Å²) in [7, 11) is 0. The molecule has 4 rings (SSSR count). The molecule has 0 radical (unpaired) electrons. The lowest BCUT2D eigenvalue weighted by atomic mass is 9.87. The van der Waals surface area contributed by atoms with E-state index in [0.717, 1.165) is 10.6 Å². The van der Waals surface area contributed by atoms with Gasteiger partial charge in [-0.15, -0.1) is 0 Å². The quantitative estimate of drug-likeness (QED) is 0.557. The highest BCUT2D eigenvalue weighted by atomic mass is 19.4. The van der Waals surface area contributed by atoms with Gasteiger partial charge in [-0.05, 0) is 31.5 Å². The molecule has 1 amide bonds. The van der Waals surface area contributed by atoms with Crippen molar-refractivity contribution < 1.29 is 23.1 Å². The zero-order chi connectivity index (χ0) is 22.6. The molecular weight excluding hydrogens is 419 g/mol. The van der Waals surface area contributed by atoms with Crippen molar-refractivity contribution in [2.45, 2.75) is 31.2 Å². The van der Waals surface area contributed by atoms with Crippen LogP contribution in [0.1, 0.15) is 35.6 Å². The van der Waals surface area contributed by atoms with Gasteiger partial charge in [-0.2, -0.15) is 13.2 Å². The van der Waals surface area contributed by atoms with E-state index in [4.69, 9.17) is 0 Å². The summed E-state index contributed by atoms with van der Waals surface area (Å²) < 4.78 is 39.8. The van der Waals surface area contributed by atoms with E-state index in [1.54, 1.807) is 0 Å². The van der Waals surface area contributed by atoms with Crippen molar-refractivity contribution in [3.05, 3.63) is 62.7 Å². The van der Waals surface area contributed by atoms with E-state index < -0.39 is 40.8 Å². The smallest absolute Gasteiger partial charge is 0.388 e. The highest BCUT2D eigenvalue weighted by molar-refractivity contribution is 5.97. The number of carbonyl (C=O) groups excluding carboxylic acids is 1. The normalized spacial score (nSPS) is 22.1. The minimum Gasteiger partial charge on any atom is -0.388 e. The van der Waals surface area contributed by atoms with Gasteiger partial charge in [0.05, 0.1) is 22.7 Å². The monoisotopic (exact) mass is 437 g/mol. The third kappa shape index (κ3) is 3.85. The molecule has 1 aliphatic rings. The Kier molecular flexibility index (Phi) is 4.76. The summed E-state index contributed by atoms with van der Waals surface area (Å²) in [6.07, 6.45) is -3.23. The van der Waals surface area contributed by atoms with Crippen LogP contribution in [-0.4, -0.2) is 54.1 Å². The van der Waals surface area contributed by atoms with Gasteiger partial charge in [-0.1, -0.05) is 0 Å². The predicted octanol–water partition coefficient (Wildman–Crippen LogP) is 1.27. The standard InChI is InChI=1S/C19H18F3N5O4/c1-18(31)5-7-26(9-13(18)27-6-4-14(28)25-17(27)30)15(29)10-2-3-11-12(8-10)24-16(23-11)19(20,21)22/h2-4,6,8,13,31H,5,7,9H2,1H3,(H,23,24)(H,25,28,30)/t13-,18-/m1/s1. The van der Waals surface area contributed by atoms with E-state index in [-0.39, 0.29) is 36.1 Å². The minimum absolute atomic E-state index is 0.0351. The Morgan fingerprint density at radius 2 is 2.00 bits per heavy atom. The zero-order valence-corrected chi connectivity index (χ0v) is 16.2. The maximum atomic E-state index is 13.0. The SMILES string of the molecule is C[C@@]1(O)CCN(C(=O)c2ccc3nc(C(F)(F)F)[nH]c3c2)C[C@H]1n1ccc(=O)[nH]c1=O. The van der Waals surface area contributed by atoms with Crippen molar-refractivity contribution >= 4 is 16.9 Å². The van der Waals surface area contributed by atoms with Gasteiger partial charge in [0.15, 0.2) is 0 Å². The summed E-state index contributed by atoms with van der Waals surface area (Å²) in [5.74, 6) is -1.62. The molecule has 1 saturated heterocycles. The first kappa shape index (κ1) is 20.8. The van der Waals surface area contributed by atoms with Gasteiger partial charge in [-0.3, -0.25) is 19.1 Å². The second-order valence-electron chi connectivity index (χ2n) is 7.71. The van der Waals surface area contributed by atoms with Crippen molar-refractivity contribution in [3.63, 3.8) is 0 Å². The lowest BCUT2D eigenvalue weighted by Gasteiger charge is -2.43. The summed E-state index contributed by atoms with van der Waals surface area (Å²) in [6, 6.07) is 4.29. The number of imidazole rings is 1. The summed E-state index contributed by atoms with van der Waals surface area (Å²) >= 11 is 0. The number of carbonyl (C=O) groups is 1. The molecule has 0 unspecified atom stereocenters. The summed E-state index contributed by atoms with van der Waals surface area (Å²) in [4.78, 5) is 45.7. The van der Waals surface area contributed by atoms with Gasteiger partial charge < -0.3 is 15.0 Å². The molecule has 3 aromatic rings. The first-order valence-corrected chi connectivity index (χ1v) is 9.36. The van der Waals surface area contributed by atoms with E-state index >= 15 is 0 Å². The number of halogens is 3. The maximum Gasteiger partial charge on any atom is 0.449 e. The average molecular weight is 437 g/mol. The highest BCUT2D eigenvalue weighted by Crippen LogP contribution is 2.32. The third-order valence-corrected chi connectivity index (χ3v) is 5.47. The number of hydrogen-bond acceptors (Lipinski definition) is 5. The van der Waals surface area contributed by atoms with Gasteiger partial charge in [0, 0.05) is 30.9 Å². The molecule has 1 aromatic carbocycles. The number of alkyl halides is 3. The van der Waals surface area contributed by atoms with Crippen LogP contribution in [0, 0.1) is 0 Å². The molecule has 164 valence electrons. The molecule has 9 nitrogen and oxygen atoms in total. The number of likely N-dealkylation sites (tertiary alicyclic amines) is 1. The largest absolute Gasteiger partial charge is 0.449 e. The fourth-order valence-electron chi connectivity index (χ4n) is 3.73.